The predicted molar refractivity (Wildman–Crippen MR) is 117 cm³/mol. The standard InChI is InChI=1S/C25H21NO4/c1-16-8-11-18(12-9-16)26-24(27)21-7-5-4-6-20(21)22(25(26)28)14-17-10-13-19(29-2)15-23(17)30-3/h4-15H,1-3H3/b22-14-. The summed E-state index contributed by atoms with van der Waals surface area (Å²) in [5, 5.41) is 0. The first-order chi connectivity index (χ1) is 14.5. The van der Waals surface area contributed by atoms with Gasteiger partial charge < -0.3 is 9.47 Å². The van der Waals surface area contributed by atoms with E-state index in [1.54, 1.807) is 62.8 Å². The number of hydrogen-bond acceptors (Lipinski definition) is 4. The van der Waals surface area contributed by atoms with Gasteiger partial charge in [0.15, 0.2) is 0 Å². The lowest BCUT2D eigenvalue weighted by Crippen LogP contribution is -2.41. The fraction of sp³-hybridized carbons (Fsp3) is 0.120. The van der Waals surface area contributed by atoms with Crippen molar-refractivity contribution in [3.05, 3.63) is 89.0 Å². The quantitative estimate of drug-likeness (QED) is 0.470. The molecule has 0 aromatic heterocycles. The van der Waals surface area contributed by atoms with Gasteiger partial charge in [0.05, 0.1) is 19.9 Å². The molecule has 0 saturated carbocycles. The fourth-order valence-electron chi connectivity index (χ4n) is 3.51. The van der Waals surface area contributed by atoms with Crippen molar-refractivity contribution in [2.75, 3.05) is 19.1 Å². The van der Waals surface area contributed by atoms with Gasteiger partial charge in [-0.15, -0.1) is 0 Å². The monoisotopic (exact) mass is 399 g/mol. The number of carbonyl (C=O) groups is 2. The van der Waals surface area contributed by atoms with Crippen LogP contribution < -0.4 is 14.4 Å². The summed E-state index contributed by atoms with van der Waals surface area (Å²) >= 11 is 0. The smallest absolute Gasteiger partial charge is 0.265 e. The van der Waals surface area contributed by atoms with Crippen LogP contribution in [0.4, 0.5) is 5.69 Å². The summed E-state index contributed by atoms with van der Waals surface area (Å²) in [4.78, 5) is 27.9. The highest BCUT2D eigenvalue weighted by atomic mass is 16.5. The third kappa shape index (κ3) is 3.35. The Morgan fingerprint density at radius 2 is 1.50 bits per heavy atom. The van der Waals surface area contributed by atoms with Crippen LogP contribution in [0.15, 0.2) is 66.7 Å². The number of ether oxygens (including phenoxy) is 2. The van der Waals surface area contributed by atoms with Crippen LogP contribution in [0.5, 0.6) is 11.5 Å². The summed E-state index contributed by atoms with van der Waals surface area (Å²) < 4.78 is 10.7. The normalized spacial score (nSPS) is 14.6. The molecule has 3 aromatic carbocycles. The van der Waals surface area contributed by atoms with Gasteiger partial charge in [-0.05, 0) is 48.9 Å². The van der Waals surface area contributed by atoms with Gasteiger partial charge in [0.1, 0.15) is 11.5 Å². The second kappa shape index (κ2) is 7.87. The molecule has 1 aliphatic heterocycles. The third-order valence-electron chi connectivity index (χ3n) is 5.12. The molecule has 0 atom stereocenters. The number of hydrogen-bond donors (Lipinski definition) is 0. The van der Waals surface area contributed by atoms with E-state index >= 15 is 0 Å². The van der Waals surface area contributed by atoms with Crippen LogP contribution in [-0.4, -0.2) is 26.0 Å². The van der Waals surface area contributed by atoms with Crippen molar-refractivity contribution >= 4 is 29.2 Å². The molecule has 5 nitrogen and oxygen atoms in total. The van der Waals surface area contributed by atoms with Gasteiger partial charge in [0.2, 0.25) is 0 Å². The Labute approximate surface area is 175 Å². The minimum absolute atomic E-state index is 0.335. The molecule has 4 rings (SSSR count). The van der Waals surface area contributed by atoms with Gasteiger partial charge in [-0.1, -0.05) is 35.9 Å². The molecule has 0 saturated heterocycles. The highest BCUT2D eigenvalue weighted by molar-refractivity contribution is 6.43. The number of anilines is 1. The zero-order valence-electron chi connectivity index (χ0n) is 17.0. The highest BCUT2D eigenvalue weighted by Gasteiger charge is 2.35. The molecule has 0 fully saturated rings. The van der Waals surface area contributed by atoms with Gasteiger partial charge in [-0.25, -0.2) is 4.90 Å². The largest absolute Gasteiger partial charge is 0.497 e. The van der Waals surface area contributed by atoms with E-state index in [2.05, 4.69) is 0 Å². The van der Waals surface area contributed by atoms with Crippen molar-refractivity contribution in [1.29, 1.82) is 0 Å². The molecule has 1 aliphatic rings. The zero-order chi connectivity index (χ0) is 21.3. The van der Waals surface area contributed by atoms with Crippen molar-refractivity contribution in [3.8, 4) is 11.5 Å². The van der Waals surface area contributed by atoms with Crippen LogP contribution in [0.3, 0.4) is 0 Å². The number of rotatable bonds is 4. The first kappa shape index (κ1) is 19.5. The molecule has 0 spiro atoms. The Balaban J connectivity index is 1.89. The molecule has 3 aromatic rings. The van der Waals surface area contributed by atoms with E-state index in [0.717, 1.165) is 11.1 Å². The molecule has 1 heterocycles. The van der Waals surface area contributed by atoms with Crippen LogP contribution >= 0.6 is 0 Å². The second-order valence-electron chi connectivity index (χ2n) is 6.99. The number of benzene rings is 3. The van der Waals surface area contributed by atoms with E-state index in [1.807, 2.05) is 31.2 Å². The van der Waals surface area contributed by atoms with Crippen LogP contribution in [0.1, 0.15) is 27.0 Å². The molecular formula is C25H21NO4. The SMILES string of the molecule is COc1ccc(/C=C2\C(=O)N(c3ccc(C)cc3)C(=O)c3ccccc32)c(OC)c1. The maximum atomic E-state index is 13.5. The summed E-state index contributed by atoms with van der Waals surface area (Å²) in [6, 6.07) is 19.9. The third-order valence-corrected chi connectivity index (χ3v) is 5.12. The van der Waals surface area contributed by atoms with Gasteiger partial charge in [0.25, 0.3) is 11.8 Å². The topological polar surface area (TPSA) is 55.8 Å². The second-order valence-corrected chi connectivity index (χ2v) is 6.99. The summed E-state index contributed by atoms with van der Waals surface area (Å²) in [5.41, 5.74) is 3.82. The fourth-order valence-corrected chi connectivity index (χ4v) is 3.51. The molecule has 0 N–H and O–H groups in total. The Bertz CT molecular complexity index is 1160. The number of methoxy groups -OCH3 is 2. The average molecular weight is 399 g/mol. The molecule has 150 valence electrons. The van der Waals surface area contributed by atoms with Crippen molar-refractivity contribution in [1.82, 2.24) is 0 Å². The Morgan fingerprint density at radius 1 is 0.800 bits per heavy atom. The zero-order valence-corrected chi connectivity index (χ0v) is 17.0. The van der Waals surface area contributed by atoms with Gasteiger partial charge in [-0.2, -0.15) is 0 Å². The molecule has 5 heteroatoms. The number of fused-ring (bicyclic) bond motifs is 1. The number of carbonyl (C=O) groups excluding carboxylic acids is 2. The molecule has 2 amide bonds. The summed E-state index contributed by atoms with van der Waals surface area (Å²) in [5.74, 6) is 0.519. The Morgan fingerprint density at radius 3 is 2.17 bits per heavy atom. The highest BCUT2D eigenvalue weighted by Crippen LogP contribution is 2.35. The first-order valence-corrected chi connectivity index (χ1v) is 9.52. The molecular weight excluding hydrogens is 378 g/mol. The van der Waals surface area contributed by atoms with E-state index in [9.17, 15) is 9.59 Å². The molecule has 0 aliphatic carbocycles. The summed E-state index contributed by atoms with van der Waals surface area (Å²) in [6.45, 7) is 1.96. The minimum atomic E-state index is -0.375. The van der Waals surface area contributed by atoms with Crippen molar-refractivity contribution in [2.45, 2.75) is 6.92 Å². The van der Waals surface area contributed by atoms with Crippen molar-refractivity contribution in [3.63, 3.8) is 0 Å². The number of amides is 2. The molecule has 0 unspecified atom stereocenters. The maximum Gasteiger partial charge on any atom is 0.265 e. The Kier molecular flexibility index (Phi) is 5.11. The lowest BCUT2D eigenvalue weighted by molar-refractivity contribution is -0.112. The van der Waals surface area contributed by atoms with E-state index in [1.165, 1.54) is 4.90 Å². The lowest BCUT2D eigenvalue weighted by Gasteiger charge is -2.29. The van der Waals surface area contributed by atoms with E-state index in [0.29, 0.717) is 33.9 Å². The van der Waals surface area contributed by atoms with E-state index in [-0.39, 0.29) is 11.8 Å². The molecule has 0 radical (unpaired) electrons. The maximum absolute atomic E-state index is 13.5. The number of aryl methyl sites for hydroxylation is 1. The van der Waals surface area contributed by atoms with E-state index < -0.39 is 0 Å². The Hall–Kier alpha value is -3.86. The molecule has 0 bridgehead atoms. The van der Waals surface area contributed by atoms with Crippen molar-refractivity contribution < 1.29 is 19.1 Å². The van der Waals surface area contributed by atoms with E-state index in [4.69, 9.17) is 9.47 Å². The summed E-state index contributed by atoms with van der Waals surface area (Å²) in [7, 11) is 3.15. The van der Waals surface area contributed by atoms with Gasteiger partial charge >= 0.3 is 0 Å². The number of nitrogens with zero attached hydrogens (tertiary/aromatic N) is 1. The lowest BCUT2D eigenvalue weighted by atomic mass is 9.91. The first-order valence-electron chi connectivity index (χ1n) is 9.52. The van der Waals surface area contributed by atoms with Crippen LogP contribution in [0, 0.1) is 6.92 Å². The van der Waals surface area contributed by atoms with Crippen LogP contribution in [-0.2, 0) is 4.79 Å². The van der Waals surface area contributed by atoms with Gasteiger partial charge in [-0.3, -0.25) is 9.59 Å². The average Bonchev–Trinajstić information content (AvgIpc) is 2.78. The minimum Gasteiger partial charge on any atom is -0.497 e. The predicted octanol–water partition coefficient (Wildman–Crippen LogP) is 4.74. The van der Waals surface area contributed by atoms with Crippen molar-refractivity contribution in [2.24, 2.45) is 0 Å². The van der Waals surface area contributed by atoms with Gasteiger partial charge in [0, 0.05) is 22.8 Å². The summed E-state index contributed by atoms with van der Waals surface area (Å²) in [6.07, 6.45) is 1.76. The van der Waals surface area contributed by atoms with Crippen LogP contribution in [0.2, 0.25) is 0 Å². The molecule has 30 heavy (non-hydrogen) atoms. The van der Waals surface area contributed by atoms with Crippen LogP contribution in [0.25, 0.3) is 11.6 Å². The number of imide groups is 1.